The lowest BCUT2D eigenvalue weighted by Crippen LogP contribution is -2.18. The summed E-state index contributed by atoms with van der Waals surface area (Å²) in [4.78, 5) is 9.47. The number of hydrogen-bond donors (Lipinski definition) is 1. The Hall–Kier alpha value is -3.56. The second-order valence-electron chi connectivity index (χ2n) is 6.33. The topological polar surface area (TPSA) is 93.5 Å². The fourth-order valence-electron chi connectivity index (χ4n) is 2.73. The largest absolute Gasteiger partial charge is 0.436 e. The molecule has 1 heterocycles. The molecular weight excluding hydrogens is 443 g/mol. The van der Waals surface area contributed by atoms with Gasteiger partial charge in [-0.3, -0.25) is 0 Å². The minimum Gasteiger partial charge on any atom is -0.436 e. The quantitative estimate of drug-likeness (QED) is 0.261. The van der Waals surface area contributed by atoms with E-state index in [9.17, 15) is 12.8 Å². The van der Waals surface area contributed by atoms with Gasteiger partial charge in [-0.15, -0.1) is 0 Å². The summed E-state index contributed by atoms with van der Waals surface area (Å²) in [7, 11) is -3.85. The predicted molar refractivity (Wildman–Crippen MR) is 115 cm³/mol. The third-order valence-corrected chi connectivity index (χ3v) is 5.58. The van der Waals surface area contributed by atoms with E-state index >= 15 is 0 Å². The maximum Gasteiger partial charge on any atom is 0.276 e. The van der Waals surface area contributed by atoms with Gasteiger partial charge in [0.2, 0.25) is 11.1 Å². The normalized spacial score (nSPS) is 11.7. The van der Waals surface area contributed by atoms with Crippen LogP contribution in [-0.2, 0) is 10.0 Å². The Morgan fingerprint density at radius 3 is 2.68 bits per heavy atom. The molecule has 0 aliphatic rings. The molecule has 4 aromatic rings. The van der Waals surface area contributed by atoms with Crippen molar-refractivity contribution in [2.75, 3.05) is 0 Å². The number of hydrazone groups is 1. The zero-order chi connectivity index (χ0) is 21.8. The van der Waals surface area contributed by atoms with Gasteiger partial charge in [-0.2, -0.15) is 22.9 Å². The Labute approximate surface area is 182 Å². The third-order valence-electron chi connectivity index (χ3n) is 4.17. The number of halogens is 2. The van der Waals surface area contributed by atoms with Crippen molar-refractivity contribution in [3.63, 3.8) is 0 Å². The molecule has 0 unspecified atom stereocenters. The van der Waals surface area contributed by atoms with Crippen molar-refractivity contribution >= 4 is 38.6 Å². The van der Waals surface area contributed by atoms with Crippen molar-refractivity contribution in [3.05, 3.63) is 89.6 Å². The van der Waals surface area contributed by atoms with Crippen LogP contribution < -0.4 is 9.57 Å². The summed E-state index contributed by atoms with van der Waals surface area (Å²) in [6.07, 6.45) is 2.20. The molecule has 10 heteroatoms. The number of rotatable bonds is 6. The summed E-state index contributed by atoms with van der Waals surface area (Å²) in [5, 5.41) is 5.39. The maximum absolute atomic E-state index is 13.7. The van der Waals surface area contributed by atoms with E-state index in [1.807, 2.05) is 24.3 Å². The predicted octanol–water partition coefficient (Wildman–Crippen LogP) is 4.53. The van der Waals surface area contributed by atoms with Crippen LogP contribution in [-0.4, -0.2) is 24.6 Å². The highest BCUT2D eigenvalue weighted by Crippen LogP contribution is 2.23. The fourth-order valence-corrected chi connectivity index (χ4v) is 3.68. The Balaban J connectivity index is 1.49. The number of nitrogens with zero attached hydrogens (tertiary/aromatic N) is 3. The average molecular weight is 457 g/mol. The molecule has 0 atom stereocenters. The molecule has 0 aliphatic carbocycles. The minimum atomic E-state index is -3.85. The summed E-state index contributed by atoms with van der Waals surface area (Å²) < 4.78 is 44.2. The first-order chi connectivity index (χ1) is 14.9. The highest BCUT2D eigenvalue weighted by molar-refractivity contribution is 7.89. The molecule has 3 aromatic carbocycles. The molecular formula is C21H14ClFN4O3S. The zero-order valence-electron chi connectivity index (χ0n) is 15.7. The van der Waals surface area contributed by atoms with Crippen LogP contribution >= 0.6 is 11.6 Å². The molecule has 7 nitrogen and oxygen atoms in total. The zero-order valence-corrected chi connectivity index (χ0v) is 17.3. The molecule has 0 radical (unpaired) electrons. The molecule has 0 spiro atoms. The Morgan fingerprint density at radius 1 is 1.03 bits per heavy atom. The Kier molecular flexibility index (Phi) is 5.79. The lowest BCUT2D eigenvalue weighted by molar-refractivity contribution is 0.420. The number of fused-ring (bicyclic) bond motifs is 1. The Morgan fingerprint density at radius 2 is 1.84 bits per heavy atom. The van der Waals surface area contributed by atoms with Crippen molar-refractivity contribution in [2.45, 2.75) is 4.90 Å². The van der Waals surface area contributed by atoms with Crippen LogP contribution in [0.25, 0.3) is 10.8 Å². The van der Waals surface area contributed by atoms with E-state index in [0.717, 1.165) is 17.0 Å². The number of ether oxygens (including phenoxy) is 1. The highest BCUT2D eigenvalue weighted by atomic mass is 35.5. The van der Waals surface area contributed by atoms with Crippen LogP contribution in [0.4, 0.5) is 4.39 Å². The summed E-state index contributed by atoms with van der Waals surface area (Å²) in [6.45, 7) is 0. The van der Waals surface area contributed by atoms with Crippen LogP contribution in [0, 0.1) is 5.82 Å². The minimum absolute atomic E-state index is 0.0940. The highest BCUT2D eigenvalue weighted by Gasteiger charge is 2.13. The van der Waals surface area contributed by atoms with E-state index in [4.69, 9.17) is 16.3 Å². The van der Waals surface area contributed by atoms with Crippen LogP contribution in [0.5, 0.6) is 11.6 Å². The lowest BCUT2D eigenvalue weighted by atomic mass is 10.1. The molecule has 31 heavy (non-hydrogen) atoms. The van der Waals surface area contributed by atoms with Gasteiger partial charge in [-0.25, -0.2) is 9.82 Å². The van der Waals surface area contributed by atoms with E-state index in [2.05, 4.69) is 19.9 Å². The van der Waals surface area contributed by atoms with E-state index in [-0.39, 0.29) is 21.8 Å². The summed E-state index contributed by atoms with van der Waals surface area (Å²) in [5.74, 6) is -0.840. The van der Waals surface area contributed by atoms with Crippen LogP contribution in [0.2, 0.25) is 5.28 Å². The number of nitrogens with one attached hydrogen (secondary N) is 1. The van der Waals surface area contributed by atoms with Gasteiger partial charge in [0, 0.05) is 0 Å². The molecule has 0 amide bonds. The molecule has 0 fully saturated rings. The number of sulfonamides is 1. The smallest absolute Gasteiger partial charge is 0.276 e. The molecule has 1 N–H and O–H groups in total. The molecule has 0 saturated heterocycles. The van der Waals surface area contributed by atoms with E-state index < -0.39 is 15.8 Å². The molecule has 4 rings (SSSR count). The third kappa shape index (κ3) is 4.96. The van der Waals surface area contributed by atoms with Gasteiger partial charge in [-0.1, -0.05) is 42.5 Å². The van der Waals surface area contributed by atoms with Crippen molar-refractivity contribution in [2.24, 2.45) is 5.10 Å². The van der Waals surface area contributed by atoms with Gasteiger partial charge in [0.05, 0.1) is 17.3 Å². The summed E-state index contributed by atoms with van der Waals surface area (Å²) >= 11 is 5.65. The first-order valence-electron chi connectivity index (χ1n) is 8.90. The lowest BCUT2D eigenvalue weighted by Gasteiger charge is -2.06. The van der Waals surface area contributed by atoms with E-state index in [0.29, 0.717) is 5.56 Å². The number of aromatic nitrogens is 2. The number of benzene rings is 3. The molecule has 156 valence electrons. The Bertz CT molecular complexity index is 1400. The molecule has 0 aliphatic heterocycles. The standard InChI is InChI=1S/C21H14ClFN4O3S/c22-21-24-13-19(23)20(26-21)30-17-7-3-4-14(10-17)12-25-27-31(28,29)18-9-8-15-5-1-2-6-16(15)11-18/h1-13,27H. The fraction of sp³-hybridized carbons (Fsp3) is 0. The van der Waals surface area contributed by atoms with Crippen molar-refractivity contribution in [3.8, 4) is 11.6 Å². The second kappa shape index (κ2) is 8.66. The van der Waals surface area contributed by atoms with Gasteiger partial charge in [0.25, 0.3) is 15.9 Å². The summed E-state index contributed by atoms with van der Waals surface area (Å²) in [5.41, 5.74) is 0.513. The average Bonchev–Trinajstić information content (AvgIpc) is 2.76. The van der Waals surface area contributed by atoms with Gasteiger partial charge < -0.3 is 4.74 Å². The van der Waals surface area contributed by atoms with Gasteiger partial charge >= 0.3 is 0 Å². The second-order valence-corrected chi connectivity index (χ2v) is 8.33. The molecule has 0 bridgehead atoms. The monoisotopic (exact) mass is 456 g/mol. The van der Waals surface area contributed by atoms with Gasteiger partial charge in [0.15, 0.2) is 0 Å². The van der Waals surface area contributed by atoms with Crippen molar-refractivity contribution in [1.82, 2.24) is 14.8 Å². The van der Waals surface area contributed by atoms with Crippen molar-refractivity contribution in [1.29, 1.82) is 0 Å². The van der Waals surface area contributed by atoms with Gasteiger partial charge in [-0.05, 0) is 52.2 Å². The van der Waals surface area contributed by atoms with Crippen LogP contribution in [0.15, 0.2) is 82.9 Å². The van der Waals surface area contributed by atoms with Crippen molar-refractivity contribution < 1.29 is 17.5 Å². The van der Waals surface area contributed by atoms with Gasteiger partial charge in [0.1, 0.15) is 5.75 Å². The van der Waals surface area contributed by atoms with Crippen LogP contribution in [0.3, 0.4) is 0 Å². The molecule has 0 saturated carbocycles. The maximum atomic E-state index is 13.7. The van der Waals surface area contributed by atoms with E-state index in [1.54, 1.807) is 30.3 Å². The summed E-state index contributed by atoms with van der Waals surface area (Å²) in [6, 6.07) is 18.7. The van der Waals surface area contributed by atoms with E-state index in [1.165, 1.54) is 18.3 Å². The molecule has 1 aromatic heterocycles. The van der Waals surface area contributed by atoms with Crippen LogP contribution in [0.1, 0.15) is 5.56 Å². The SMILES string of the molecule is O=S(=O)(NN=Cc1cccc(Oc2nc(Cl)ncc2F)c1)c1ccc2ccccc2c1. The first-order valence-corrected chi connectivity index (χ1v) is 10.8. The number of hydrogen-bond acceptors (Lipinski definition) is 6. The first kappa shape index (κ1) is 20.7.